The molecule has 1 atom stereocenters. The first-order valence-corrected chi connectivity index (χ1v) is 14.4. The van der Waals surface area contributed by atoms with Crippen molar-refractivity contribution >= 4 is 72.0 Å². The fourth-order valence-electron chi connectivity index (χ4n) is 3.39. The van der Waals surface area contributed by atoms with Crippen molar-refractivity contribution < 1.29 is 26.2 Å². The van der Waals surface area contributed by atoms with Crippen LogP contribution in [0.2, 0.25) is 10.0 Å². The van der Waals surface area contributed by atoms with Gasteiger partial charge in [0.15, 0.2) is 6.04 Å². The molecule has 0 radical (unpaired) electrons. The molecule has 1 amide bonds. The third kappa shape index (κ3) is 5.87. The highest BCUT2D eigenvalue weighted by atomic mass is 35.5. The normalized spacial score (nSPS) is 16.2. The number of anilines is 2. The van der Waals surface area contributed by atoms with Crippen molar-refractivity contribution in [3.8, 4) is 0 Å². The maximum Gasteiger partial charge on any atom is 0.296 e. The molecular formula is C23H19Cl2N5O6S2. The van der Waals surface area contributed by atoms with Crippen LogP contribution in [-0.2, 0) is 24.9 Å². The van der Waals surface area contributed by atoms with Crippen LogP contribution in [0, 0.1) is 6.92 Å². The Morgan fingerprint density at radius 2 is 1.58 bits per heavy atom. The maximum absolute atomic E-state index is 13.0. The molecule has 1 aliphatic heterocycles. The predicted molar refractivity (Wildman–Crippen MR) is 144 cm³/mol. The second kappa shape index (κ2) is 10.4. The highest BCUT2D eigenvalue weighted by Crippen LogP contribution is 2.36. The Hall–Kier alpha value is -3.36. The molecule has 198 valence electrons. The van der Waals surface area contributed by atoms with Gasteiger partial charge in [0.2, 0.25) is 0 Å². The largest absolute Gasteiger partial charge is 0.296 e. The van der Waals surface area contributed by atoms with Gasteiger partial charge in [-0.3, -0.25) is 14.1 Å². The van der Waals surface area contributed by atoms with Crippen molar-refractivity contribution in [1.82, 2.24) is 0 Å². The summed E-state index contributed by atoms with van der Waals surface area (Å²) in [7, 11) is -8.46. The molecule has 1 heterocycles. The van der Waals surface area contributed by atoms with E-state index < -0.39 is 37.0 Å². The fourth-order valence-corrected chi connectivity index (χ4v) is 5.78. The van der Waals surface area contributed by atoms with Crippen LogP contribution >= 0.6 is 23.2 Å². The lowest BCUT2D eigenvalue weighted by molar-refractivity contribution is -0.117. The molecule has 0 fully saturated rings. The van der Waals surface area contributed by atoms with E-state index in [0.717, 1.165) is 22.7 Å². The molecule has 0 saturated heterocycles. The first-order chi connectivity index (χ1) is 17.8. The average molecular weight is 596 g/mol. The molecule has 11 nitrogen and oxygen atoms in total. The summed E-state index contributed by atoms with van der Waals surface area (Å²) in [6.07, 6.45) is 0. The van der Waals surface area contributed by atoms with E-state index in [-0.39, 0.29) is 32.0 Å². The molecule has 3 aromatic carbocycles. The number of rotatable bonds is 7. The topological polar surface area (TPSA) is 158 Å². The number of amides is 1. The molecule has 3 aromatic rings. The van der Waals surface area contributed by atoms with Gasteiger partial charge in [-0.05, 0) is 62.4 Å². The van der Waals surface area contributed by atoms with E-state index in [0.29, 0.717) is 5.69 Å². The van der Waals surface area contributed by atoms with Crippen molar-refractivity contribution in [2.24, 2.45) is 15.3 Å². The molecule has 0 aliphatic carbocycles. The Balaban J connectivity index is 1.50. The smallest absolute Gasteiger partial charge is 0.282 e. The van der Waals surface area contributed by atoms with Gasteiger partial charge >= 0.3 is 0 Å². The van der Waals surface area contributed by atoms with E-state index in [4.69, 9.17) is 23.2 Å². The molecule has 15 heteroatoms. The Labute approximate surface area is 228 Å². The number of hydrazone groups is 1. The van der Waals surface area contributed by atoms with Gasteiger partial charge in [-0.2, -0.15) is 28.8 Å². The Bertz CT molecular complexity index is 1690. The Kier molecular flexibility index (Phi) is 7.59. The third-order valence-electron chi connectivity index (χ3n) is 5.34. The molecular weight excluding hydrogens is 577 g/mol. The van der Waals surface area contributed by atoms with Crippen molar-refractivity contribution in [2.45, 2.75) is 29.7 Å². The van der Waals surface area contributed by atoms with E-state index in [9.17, 15) is 26.2 Å². The minimum absolute atomic E-state index is 0.0118. The molecule has 0 saturated carbocycles. The number of azo groups is 1. The van der Waals surface area contributed by atoms with Gasteiger partial charge in [0, 0.05) is 5.69 Å². The number of benzene rings is 3. The van der Waals surface area contributed by atoms with Crippen LogP contribution in [0.5, 0.6) is 0 Å². The average Bonchev–Trinajstić information content (AvgIpc) is 3.12. The summed E-state index contributed by atoms with van der Waals surface area (Å²) >= 11 is 12.1. The number of nitrogens with zero attached hydrogens (tertiary/aromatic N) is 4. The lowest BCUT2D eigenvalue weighted by atomic mass is 10.2. The zero-order chi connectivity index (χ0) is 27.8. The molecule has 4 rings (SSSR count). The molecule has 0 aromatic heterocycles. The van der Waals surface area contributed by atoms with Crippen molar-refractivity contribution in [2.75, 3.05) is 9.73 Å². The first-order valence-electron chi connectivity index (χ1n) is 10.7. The summed E-state index contributed by atoms with van der Waals surface area (Å²) in [6.45, 7) is 3.43. The highest BCUT2D eigenvalue weighted by molar-refractivity contribution is 7.92. The van der Waals surface area contributed by atoms with Gasteiger partial charge in [-0.1, -0.05) is 40.9 Å². The van der Waals surface area contributed by atoms with Crippen LogP contribution in [-0.4, -0.2) is 39.0 Å². The van der Waals surface area contributed by atoms with Crippen LogP contribution in [0.25, 0.3) is 0 Å². The molecule has 38 heavy (non-hydrogen) atoms. The summed E-state index contributed by atoms with van der Waals surface area (Å²) in [6, 6.07) is 13.3. The van der Waals surface area contributed by atoms with Crippen LogP contribution in [0.4, 0.5) is 17.1 Å². The van der Waals surface area contributed by atoms with E-state index in [2.05, 4.69) is 20.1 Å². The fraction of sp³-hybridized carbons (Fsp3) is 0.130. The van der Waals surface area contributed by atoms with Crippen molar-refractivity contribution in [3.05, 3.63) is 76.3 Å². The quantitative estimate of drug-likeness (QED) is 0.281. The van der Waals surface area contributed by atoms with Crippen LogP contribution < -0.4 is 9.73 Å². The number of sulfonamides is 1. The number of hydrogen-bond acceptors (Lipinski definition) is 8. The van der Waals surface area contributed by atoms with Crippen molar-refractivity contribution in [1.29, 1.82) is 0 Å². The van der Waals surface area contributed by atoms with E-state index in [1.807, 2.05) is 6.92 Å². The number of halogens is 2. The standard InChI is InChI=1S/C23H19Cl2N5O6S2/c1-13-3-5-16(6-4-13)29-37(32,33)17-9-7-15(8-10-17)26-27-22-14(2)28-30(23(22)31)20-11-19(25)21(12-18(20)24)38(34,35)36/h3-12,22,29H,1-2H3,(H,34,35,36). The zero-order valence-electron chi connectivity index (χ0n) is 19.7. The Morgan fingerprint density at radius 3 is 2.18 bits per heavy atom. The zero-order valence-corrected chi connectivity index (χ0v) is 22.8. The Morgan fingerprint density at radius 1 is 0.947 bits per heavy atom. The first kappa shape index (κ1) is 27.7. The molecule has 2 N–H and O–H groups in total. The van der Waals surface area contributed by atoms with Crippen molar-refractivity contribution in [3.63, 3.8) is 0 Å². The number of carbonyl (C=O) groups is 1. The van der Waals surface area contributed by atoms with E-state index in [1.54, 1.807) is 24.3 Å². The molecule has 0 spiro atoms. The molecule has 1 unspecified atom stereocenters. The second-order valence-corrected chi connectivity index (χ2v) is 12.1. The van der Waals surface area contributed by atoms with Gasteiger partial charge in [0.25, 0.3) is 26.0 Å². The van der Waals surface area contributed by atoms with Gasteiger partial charge in [0.05, 0.1) is 32.0 Å². The number of hydrogen-bond donors (Lipinski definition) is 2. The predicted octanol–water partition coefficient (Wildman–Crippen LogP) is 5.22. The molecule has 1 aliphatic rings. The van der Waals surface area contributed by atoms with E-state index >= 15 is 0 Å². The summed E-state index contributed by atoms with van der Waals surface area (Å²) in [5.41, 5.74) is 1.96. The van der Waals surface area contributed by atoms with Crippen LogP contribution in [0.1, 0.15) is 12.5 Å². The summed E-state index contributed by atoms with van der Waals surface area (Å²) in [5.74, 6) is -0.634. The highest BCUT2D eigenvalue weighted by Gasteiger charge is 2.36. The number of aryl methyl sites for hydroxylation is 1. The van der Waals surface area contributed by atoms with E-state index in [1.165, 1.54) is 31.2 Å². The third-order valence-corrected chi connectivity index (χ3v) is 8.36. The number of carbonyl (C=O) groups excluding carboxylic acids is 1. The van der Waals surface area contributed by atoms with Crippen LogP contribution in [0.15, 0.2) is 85.8 Å². The second-order valence-electron chi connectivity index (χ2n) is 8.18. The summed E-state index contributed by atoms with van der Waals surface area (Å²) in [4.78, 5) is 12.4. The SMILES string of the molecule is CC1=NN(c2cc(Cl)c(S(=O)(=O)O)cc2Cl)C(=O)C1N=Nc1ccc(S(=O)(=O)Nc2ccc(C)cc2)cc1. The lowest BCUT2D eigenvalue weighted by Gasteiger charge is -2.15. The lowest BCUT2D eigenvalue weighted by Crippen LogP contribution is -2.30. The monoisotopic (exact) mass is 595 g/mol. The van der Waals surface area contributed by atoms with Gasteiger partial charge in [-0.25, -0.2) is 8.42 Å². The minimum Gasteiger partial charge on any atom is -0.282 e. The summed E-state index contributed by atoms with van der Waals surface area (Å²) < 4.78 is 59.9. The number of nitrogens with one attached hydrogen (secondary N) is 1. The maximum atomic E-state index is 13.0. The van der Waals surface area contributed by atoms with Gasteiger partial charge in [0.1, 0.15) is 4.90 Å². The van der Waals surface area contributed by atoms with Gasteiger partial charge in [-0.15, -0.1) is 0 Å². The summed E-state index contributed by atoms with van der Waals surface area (Å²) in [5, 5.41) is 12.5. The van der Waals surface area contributed by atoms with Gasteiger partial charge < -0.3 is 0 Å². The minimum atomic E-state index is -4.63. The van der Waals surface area contributed by atoms with Crippen LogP contribution in [0.3, 0.4) is 0 Å². The molecule has 0 bridgehead atoms.